The van der Waals surface area contributed by atoms with Crippen LogP contribution in [-0.2, 0) is 13.0 Å². The Morgan fingerprint density at radius 1 is 1.15 bits per heavy atom. The van der Waals surface area contributed by atoms with Crippen molar-refractivity contribution in [2.45, 2.75) is 26.0 Å². The zero-order valence-electron chi connectivity index (χ0n) is 11.4. The Kier molecular flexibility index (Phi) is 3.48. The van der Waals surface area contributed by atoms with Gasteiger partial charge in [0.25, 0.3) is 0 Å². The molecule has 2 aromatic heterocycles. The summed E-state index contributed by atoms with van der Waals surface area (Å²) < 4.78 is 2.04. The fraction of sp³-hybridized carbons (Fsp3) is 0.250. The van der Waals surface area contributed by atoms with Gasteiger partial charge in [-0.3, -0.25) is 4.98 Å². The second kappa shape index (κ2) is 5.43. The molecule has 4 nitrogen and oxygen atoms in total. The molecule has 1 N–H and O–H groups in total. The summed E-state index contributed by atoms with van der Waals surface area (Å²) in [6.07, 6.45) is 5.36. The molecule has 0 fully saturated rings. The largest absolute Gasteiger partial charge is 0.388 e. The fourth-order valence-electron chi connectivity index (χ4n) is 2.50. The van der Waals surface area contributed by atoms with Gasteiger partial charge in [-0.25, -0.2) is 4.98 Å². The topological polar surface area (TPSA) is 50.9 Å². The number of benzene rings is 1. The van der Waals surface area contributed by atoms with Crippen molar-refractivity contribution in [3.63, 3.8) is 0 Å². The summed E-state index contributed by atoms with van der Waals surface area (Å²) >= 11 is 0. The van der Waals surface area contributed by atoms with E-state index in [1.165, 1.54) is 0 Å². The van der Waals surface area contributed by atoms with Crippen molar-refractivity contribution < 1.29 is 5.11 Å². The molecule has 3 rings (SSSR count). The first kappa shape index (κ1) is 12.8. The van der Waals surface area contributed by atoms with Crippen LogP contribution in [0.2, 0.25) is 0 Å². The van der Waals surface area contributed by atoms with E-state index in [4.69, 9.17) is 0 Å². The van der Waals surface area contributed by atoms with Crippen molar-refractivity contribution in [1.82, 2.24) is 14.5 Å². The molecule has 2 heterocycles. The molecule has 4 heteroatoms. The average Bonchev–Trinajstić information content (AvgIpc) is 2.93. The summed E-state index contributed by atoms with van der Waals surface area (Å²) in [6, 6.07) is 9.80. The molecule has 102 valence electrons. The van der Waals surface area contributed by atoms with Crippen molar-refractivity contribution in [2.24, 2.45) is 0 Å². The highest BCUT2D eigenvalue weighted by molar-refractivity contribution is 5.81. The number of pyridine rings is 1. The molecule has 0 amide bonds. The zero-order valence-corrected chi connectivity index (χ0v) is 11.4. The van der Waals surface area contributed by atoms with Crippen LogP contribution in [0.5, 0.6) is 0 Å². The van der Waals surface area contributed by atoms with E-state index >= 15 is 0 Å². The maximum Gasteiger partial charge on any atom is 0.111 e. The minimum Gasteiger partial charge on any atom is -0.388 e. The lowest BCUT2D eigenvalue weighted by Crippen LogP contribution is -2.09. The van der Waals surface area contributed by atoms with Crippen LogP contribution in [0.4, 0.5) is 0 Å². The molecule has 0 spiro atoms. The van der Waals surface area contributed by atoms with Crippen LogP contribution in [0.15, 0.2) is 48.9 Å². The number of nitrogens with zero attached hydrogens (tertiary/aromatic N) is 3. The molecular weight excluding hydrogens is 250 g/mol. The van der Waals surface area contributed by atoms with E-state index in [1.807, 2.05) is 41.1 Å². The minimum absolute atomic E-state index is 0.497. The van der Waals surface area contributed by atoms with Crippen molar-refractivity contribution in [3.8, 4) is 0 Å². The zero-order chi connectivity index (χ0) is 13.9. The summed E-state index contributed by atoms with van der Waals surface area (Å²) in [6.45, 7) is 2.92. The van der Waals surface area contributed by atoms with Crippen LogP contribution in [-0.4, -0.2) is 19.6 Å². The molecule has 20 heavy (non-hydrogen) atoms. The van der Waals surface area contributed by atoms with Gasteiger partial charge in [0.15, 0.2) is 0 Å². The number of aryl methyl sites for hydroxylation is 1. The van der Waals surface area contributed by atoms with E-state index in [9.17, 15) is 5.11 Å². The summed E-state index contributed by atoms with van der Waals surface area (Å²) in [5.74, 6) is 0.896. The van der Waals surface area contributed by atoms with Crippen LogP contribution in [0.1, 0.15) is 24.4 Å². The van der Waals surface area contributed by atoms with Gasteiger partial charge >= 0.3 is 0 Å². The number of aliphatic hydroxyl groups excluding tert-OH is 1. The fourth-order valence-corrected chi connectivity index (χ4v) is 2.50. The van der Waals surface area contributed by atoms with Gasteiger partial charge in [-0.15, -0.1) is 0 Å². The molecule has 3 aromatic rings. The van der Waals surface area contributed by atoms with Crippen LogP contribution >= 0.6 is 0 Å². The first-order chi connectivity index (χ1) is 9.79. The molecule has 0 aliphatic rings. The number of hydrogen-bond donors (Lipinski definition) is 1. The second-order valence-electron chi connectivity index (χ2n) is 4.77. The minimum atomic E-state index is -0.596. The standard InChI is InChI=1S/C16H17N3O/c1-2-19-10-9-17-15(19)11-14(20)13-7-3-5-12-6-4-8-18-16(12)13/h3-10,14,20H,2,11H2,1H3. The van der Waals surface area contributed by atoms with E-state index < -0.39 is 6.10 Å². The molecule has 1 atom stereocenters. The molecule has 1 aromatic carbocycles. The Labute approximate surface area is 117 Å². The van der Waals surface area contributed by atoms with Gasteiger partial charge in [-0.2, -0.15) is 0 Å². The summed E-state index contributed by atoms with van der Waals surface area (Å²) in [5.41, 5.74) is 1.71. The molecule has 0 saturated heterocycles. The molecule has 0 radical (unpaired) electrons. The van der Waals surface area contributed by atoms with Crippen molar-refractivity contribution >= 4 is 10.9 Å². The SMILES string of the molecule is CCn1ccnc1CC(O)c1cccc2cccnc12. The third-order valence-electron chi connectivity index (χ3n) is 3.54. The van der Waals surface area contributed by atoms with Gasteiger partial charge in [-0.1, -0.05) is 24.3 Å². The predicted molar refractivity (Wildman–Crippen MR) is 78.3 cm³/mol. The molecule has 1 unspecified atom stereocenters. The van der Waals surface area contributed by atoms with Crippen molar-refractivity contribution in [3.05, 3.63) is 60.3 Å². The highest BCUT2D eigenvalue weighted by atomic mass is 16.3. The number of hydrogen-bond acceptors (Lipinski definition) is 3. The van der Waals surface area contributed by atoms with Gasteiger partial charge in [0.1, 0.15) is 5.82 Å². The highest BCUT2D eigenvalue weighted by Crippen LogP contribution is 2.24. The van der Waals surface area contributed by atoms with E-state index in [0.29, 0.717) is 6.42 Å². The maximum absolute atomic E-state index is 10.5. The molecule has 0 bridgehead atoms. The third-order valence-corrected chi connectivity index (χ3v) is 3.54. The normalized spacial score (nSPS) is 12.7. The van der Waals surface area contributed by atoms with Crippen LogP contribution < -0.4 is 0 Å². The van der Waals surface area contributed by atoms with Gasteiger partial charge in [0.2, 0.25) is 0 Å². The number of para-hydroxylation sites is 1. The lowest BCUT2D eigenvalue weighted by atomic mass is 10.0. The molecule has 0 aliphatic carbocycles. The van der Waals surface area contributed by atoms with Crippen molar-refractivity contribution in [1.29, 1.82) is 0 Å². The number of rotatable bonds is 4. The van der Waals surface area contributed by atoms with E-state index in [2.05, 4.69) is 16.9 Å². The number of imidazole rings is 1. The van der Waals surface area contributed by atoms with Crippen molar-refractivity contribution in [2.75, 3.05) is 0 Å². The number of aromatic nitrogens is 3. The first-order valence-corrected chi connectivity index (χ1v) is 6.81. The Morgan fingerprint density at radius 3 is 2.85 bits per heavy atom. The third kappa shape index (κ3) is 2.30. The van der Waals surface area contributed by atoms with Gasteiger partial charge in [0, 0.05) is 42.5 Å². The van der Waals surface area contributed by atoms with E-state index in [-0.39, 0.29) is 0 Å². The quantitative estimate of drug-likeness (QED) is 0.790. The van der Waals surface area contributed by atoms with Gasteiger partial charge < -0.3 is 9.67 Å². The second-order valence-corrected chi connectivity index (χ2v) is 4.77. The summed E-state index contributed by atoms with van der Waals surface area (Å²) in [5, 5.41) is 11.6. The number of fused-ring (bicyclic) bond motifs is 1. The summed E-state index contributed by atoms with van der Waals surface area (Å²) in [4.78, 5) is 8.70. The van der Waals surface area contributed by atoms with E-state index in [1.54, 1.807) is 12.4 Å². The maximum atomic E-state index is 10.5. The average molecular weight is 267 g/mol. The molecular formula is C16H17N3O. The molecule has 0 saturated carbocycles. The highest BCUT2D eigenvalue weighted by Gasteiger charge is 2.15. The Bertz CT molecular complexity index is 715. The van der Waals surface area contributed by atoms with E-state index in [0.717, 1.165) is 28.8 Å². The first-order valence-electron chi connectivity index (χ1n) is 6.81. The Balaban J connectivity index is 1.95. The van der Waals surface area contributed by atoms with Crippen LogP contribution in [0, 0.1) is 0 Å². The van der Waals surface area contributed by atoms with Crippen LogP contribution in [0.25, 0.3) is 10.9 Å². The van der Waals surface area contributed by atoms with Gasteiger partial charge in [0.05, 0.1) is 11.6 Å². The lowest BCUT2D eigenvalue weighted by molar-refractivity contribution is 0.176. The van der Waals surface area contributed by atoms with Gasteiger partial charge in [-0.05, 0) is 13.0 Å². The molecule has 0 aliphatic heterocycles. The smallest absolute Gasteiger partial charge is 0.111 e. The van der Waals surface area contributed by atoms with Crippen LogP contribution in [0.3, 0.4) is 0 Å². The number of aliphatic hydroxyl groups is 1. The lowest BCUT2D eigenvalue weighted by Gasteiger charge is -2.13. The predicted octanol–water partition coefficient (Wildman–Crippen LogP) is 2.73. The summed E-state index contributed by atoms with van der Waals surface area (Å²) in [7, 11) is 0. The Hall–Kier alpha value is -2.20. The Morgan fingerprint density at radius 2 is 2.00 bits per heavy atom. The monoisotopic (exact) mass is 267 g/mol.